The predicted octanol–water partition coefficient (Wildman–Crippen LogP) is 3.91. The van der Waals surface area contributed by atoms with Crippen molar-refractivity contribution in [2.45, 2.75) is 90.6 Å². The van der Waals surface area contributed by atoms with Crippen molar-refractivity contribution in [3.05, 3.63) is 46.0 Å². The third-order valence-electron chi connectivity index (χ3n) is 8.90. The number of anilines is 1. The molecule has 2 aliphatic carbocycles. The van der Waals surface area contributed by atoms with Gasteiger partial charge in [0, 0.05) is 29.3 Å². The summed E-state index contributed by atoms with van der Waals surface area (Å²) < 4.78 is 28.6. The Morgan fingerprint density at radius 2 is 1.85 bits per heavy atom. The number of ketones is 1. The Morgan fingerprint density at radius 1 is 1.13 bits per heavy atom. The Kier molecular flexibility index (Phi) is 7.52. The first-order valence-corrected chi connectivity index (χ1v) is 13.9. The number of carbonyl (C=O) groups excluding carboxylic acids is 3. The van der Waals surface area contributed by atoms with Crippen LogP contribution in [0.1, 0.15) is 96.5 Å². The van der Waals surface area contributed by atoms with Crippen LogP contribution in [0.15, 0.2) is 12.1 Å². The molecule has 9 nitrogen and oxygen atoms in total. The normalized spacial score (nSPS) is 21.8. The van der Waals surface area contributed by atoms with Crippen LogP contribution in [0.2, 0.25) is 0 Å². The van der Waals surface area contributed by atoms with Gasteiger partial charge in [-0.15, -0.1) is 0 Å². The van der Waals surface area contributed by atoms with Crippen LogP contribution < -0.4 is 16.8 Å². The third-order valence-corrected chi connectivity index (χ3v) is 8.90. The third kappa shape index (κ3) is 4.96. The van der Waals surface area contributed by atoms with Crippen molar-refractivity contribution in [2.75, 3.05) is 11.9 Å². The average molecular weight is 541 g/mol. The summed E-state index contributed by atoms with van der Waals surface area (Å²) in [7, 11) is 0. The minimum absolute atomic E-state index is 0.0624. The number of fused-ring (bicyclic) bond motifs is 3. The number of Topliss-reactive ketones (excluding diaryl/α,β-unsaturated/α-hetero) is 1. The number of hydrogen-bond donors (Lipinski definition) is 3. The first kappa shape index (κ1) is 27.3. The largest absolute Gasteiger partial charge is 0.461 e. The number of rotatable bonds is 8. The number of nitrogens with two attached hydrogens (primary N) is 2. The lowest BCUT2D eigenvalue weighted by Gasteiger charge is -2.36. The molecule has 2 aromatic rings. The fourth-order valence-electron chi connectivity index (χ4n) is 6.55. The second-order valence-electron chi connectivity index (χ2n) is 11.1. The van der Waals surface area contributed by atoms with Gasteiger partial charge in [-0.05, 0) is 62.5 Å². The fraction of sp³-hybridized carbons (Fsp3) is 0.552. The molecule has 1 fully saturated rings. The quantitative estimate of drug-likeness (QED) is 0.432. The molecule has 0 saturated heterocycles. The van der Waals surface area contributed by atoms with Crippen molar-refractivity contribution in [3.63, 3.8) is 0 Å². The van der Waals surface area contributed by atoms with Crippen molar-refractivity contribution in [1.29, 1.82) is 0 Å². The van der Waals surface area contributed by atoms with Crippen molar-refractivity contribution in [2.24, 2.45) is 16.9 Å². The molecule has 0 radical (unpaired) electrons. The van der Waals surface area contributed by atoms with Gasteiger partial charge in [0.15, 0.2) is 5.78 Å². The van der Waals surface area contributed by atoms with Gasteiger partial charge in [-0.2, -0.15) is 0 Å². The number of nitrogens with one attached hydrogen (secondary N) is 1. The highest BCUT2D eigenvalue weighted by Crippen LogP contribution is 2.46. The molecule has 10 heteroatoms. The number of primary amides is 1. The number of halogens is 1. The molecule has 1 aliphatic heterocycles. The van der Waals surface area contributed by atoms with E-state index in [9.17, 15) is 14.4 Å². The van der Waals surface area contributed by atoms with Crippen LogP contribution in [-0.4, -0.2) is 40.9 Å². The van der Waals surface area contributed by atoms with Crippen molar-refractivity contribution in [1.82, 2.24) is 4.57 Å². The minimum atomic E-state index is -0.860. The van der Waals surface area contributed by atoms with Gasteiger partial charge in [0.05, 0.1) is 42.4 Å². The molecule has 1 aromatic heterocycles. The number of aromatic nitrogens is 1. The van der Waals surface area contributed by atoms with Gasteiger partial charge < -0.3 is 30.8 Å². The first-order valence-electron chi connectivity index (χ1n) is 13.9. The van der Waals surface area contributed by atoms with Crippen LogP contribution in [0.5, 0.6) is 0 Å². The average Bonchev–Trinajstić information content (AvgIpc) is 3.49. The topological polar surface area (TPSA) is 139 Å². The molecule has 0 spiro atoms. The molecule has 0 bridgehead atoms. The maximum absolute atomic E-state index is 15.6. The summed E-state index contributed by atoms with van der Waals surface area (Å²) in [5.74, 6) is -1.90. The van der Waals surface area contributed by atoms with Crippen LogP contribution >= 0.6 is 0 Å². The van der Waals surface area contributed by atoms with Crippen LogP contribution in [0.4, 0.5) is 10.1 Å². The maximum Gasteiger partial charge on any atom is 0.319 e. The van der Waals surface area contributed by atoms with E-state index in [-0.39, 0.29) is 35.5 Å². The lowest BCUT2D eigenvalue weighted by molar-refractivity contribution is -0.148. The highest BCUT2D eigenvalue weighted by Gasteiger charge is 2.42. The van der Waals surface area contributed by atoms with E-state index in [0.717, 1.165) is 29.8 Å². The van der Waals surface area contributed by atoms with E-state index in [4.69, 9.17) is 20.9 Å². The number of esters is 1. The van der Waals surface area contributed by atoms with Crippen LogP contribution in [0.3, 0.4) is 0 Å². The van der Waals surface area contributed by atoms with E-state index < -0.39 is 17.7 Å². The van der Waals surface area contributed by atoms with Crippen LogP contribution in [-0.2, 0) is 33.9 Å². The second-order valence-corrected chi connectivity index (χ2v) is 11.1. The van der Waals surface area contributed by atoms with E-state index in [2.05, 4.69) is 19.2 Å². The Bertz CT molecular complexity index is 1310. The molecule has 3 aliphatic rings. The Balaban J connectivity index is 1.52. The monoisotopic (exact) mass is 540 g/mol. The summed E-state index contributed by atoms with van der Waals surface area (Å²) >= 11 is 0. The van der Waals surface area contributed by atoms with E-state index in [1.54, 1.807) is 6.07 Å². The molecule has 5 rings (SSSR count). The molecule has 1 saturated carbocycles. The van der Waals surface area contributed by atoms with E-state index in [0.29, 0.717) is 68.7 Å². The highest BCUT2D eigenvalue weighted by molar-refractivity contribution is 6.01. The summed E-state index contributed by atoms with van der Waals surface area (Å²) in [6.45, 7) is 4.75. The molecule has 0 unspecified atom stereocenters. The van der Waals surface area contributed by atoms with Crippen LogP contribution in [0.25, 0.3) is 5.69 Å². The van der Waals surface area contributed by atoms with Crippen molar-refractivity contribution < 1.29 is 28.2 Å². The lowest BCUT2D eigenvalue weighted by atomic mass is 9.69. The zero-order valence-electron chi connectivity index (χ0n) is 22.6. The maximum atomic E-state index is 15.6. The van der Waals surface area contributed by atoms with Gasteiger partial charge in [0.25, 0.3) is 5.91 Å². The van der Waals surface area contributed by atoms with E-state index in [1.807, 2.05) is 4.57 Å². The molecule has 2 heterocycles. The number of hydrogen-bond acceptors (Lipinski definition) is 7. The SMILES string of the molecule is CCC1(CC)CC(=O)c2c3c(n(-c4cc(F)c(C(N)=O)c(NC5CCC(OC(=O)CN)CC5)c4)c2C1)COC3. The Morgan fingerprint density at radius 3 is 2.49 bits per heavy atom. The van der Waals surface area contributed by atoms with Gasteiger partial charge in [0.1, 0.15) is 11.9 Å². The highest BCUT2D eigenvalue weighted by atomic mass is 19.1. The zero-order chi connectivity index (χ0) is 27.9. The number of benzene rings is 1. The first-order chi connectivity index (χ1) is 18.7. The minimum Gasteiger partial charge on any atom is -0.461 e. The van der Waals surface area contributed by atoms with E-state index >= 15 is 4.39 Å². The molecular formula is C29H37FN4O5. The Hall–Kier alpha value is -3.24. The molecule has 0 atom stereocenters. The van der Waals surface area contributed by atoms with Gasteiger partial charge >= 0.3 is 5.97 Å². The number of ether oxygens (including phenoxy) is 2. The van der Waals surface area contributed by atoms with Gasteiger partial charge in [-0.1, -0.05) is 13.8 Å². The summed E-state index contributed by atoms with van der Waals surface area (Å²) in [6, 6.07) is 3.01. The predicted molar refractivity (Wildman–Crippen MR) is 143 cm³/mol. The standard InChI is InChI=1S/C29H37FN4O5/c1-3-29(4-2)11-22-26(24(35)12-29)19-14-38-15-23(19)34(22)17-9-20(30)27(28(32)37)21(10-17)33-16-5-7-18(8-6-16)39-25(36)13-31/h9-10,16,18,33H,3-8,11-15,31H2,1-2H3,(H2,32,37). The lowest BCUT2D eigenvalue weighted by Crippen LogP contribution is -2.33. The zero-order valence-corrected chi connectivity index (χ0v) is 22.6. The smallest absolute Gasteiger partial charge is 0.319 e. The summed E-state index contributed by atoms with van der Waals surface area (Å²) in [6.07, 6.45) is 5.32. The van der Waals surface area contributed by atoms with Gasteiger partial charge in [-0.25, -0.2) is 4.39 Å². The molecule has 39 heavy (non-hydrogen) atoms. The van der Waals surface area contributed by atoms with Crippen molar-refractivity contribution in [3.8, 4) is 5.69 Å². The summed E-state index contributed by atoms with van der Waals surface area (Å²) in [5, 5.41) is 3.34. The van der Waals surface area contributed by atoms with Crippen LogP contribution in [0, 0.1) is 11.2 Å². The Labute approximate surface area is 227 Å². The molecule has 1 amide bonds. The molecule has 5 N–H and O–H groups in total. The molecule has 1 aromatic carbocycles. The summed E-state index contributed by atoms with van der Waals surface area (Å²) in [5.41, 5.74) is 14.8. The number of carbonyl (C=O) groups is 3. The number of nitrogens with zero attached hydrogens (tertiary/aromatic N) is 1. The molecular weight excluding hydrogens is 503 g/mol. The van der Waals surface area contributed by atoms with E-state index in [1.165, 1.54) is 6.07 Å². The van der Waals surface area contributed by atoms with Crippen molar-refractivity contribution >= 4 is 23.3 Å². The molecule has 210 valence electrons. The second kappa shape index (κ2) is 10.7. The fourth-order valence-corrected chi connectivity index (χ4v) is 6.55. The number of amides is 1. The van der Waals surface area contributed by atoms with Gasteiger partial charge in [0.2, 0.25) is 0 Å². The van der Waals surface area contributed by atoms with Gasteiger partial charge in [-0.3, -0.25) is 14.4 Å². The summed E-state index contributed by atoms with van der Waals surface area (Å²) in [4.78, 5) is 37.3.